The number of halogens is 1. The van der Waals surface area contributed by atoms with E-state index in [-0.39, 0.29) is 17.8 Å². The molecular formula is C19H27FN2O3. The summed E-state index contributed by atoms with van der Waals surface area (Å²) in [4.78, 5) is 16.6. The second-order valence-electron chi connectivity index (χ2n) is 6.89. The molecule has 0 bridgehead atoms. The van der Waals surface area contributed by atoms with E-state index in [0.717, 1.165) is 38.0 Å². The molecule has 2 heterocycles. The first-order valence-corrected chi connectivity index (χ1v) is 9.01. The molecule has 0 radical (unpaired) electrons. The minimum absolute atomic E-state index is 0.00865. The highest BCUT2D eigenvalue weighted by atomic mass is 19.1. The molecule has 0 N–H and O–H groups in total. The van der Waals surface area contributed by atoms with Gasteiger partial charge in [0.2, 0.25) is 5.91 Å². The molecule has 138 valence electrons. The maximum Gasteiger partial charge on any atom is 0.236 e. The van der Waals surface area contributed by atoms with E-state index in [1.807, 2.05) is 11.0 Å². The zero-order valence-corrected chi connectivity index (χ0v) is 14.8. The number of nitrogens with zero attached hydrogens (tertiary/aromatic N) is 2. The maximum atomic E-state index is 13.4. The summed E-state index contributed by atoms with van der Waals surface area (Å²) in [7, 11) is 1.69. The zero-order chi connectivity index (χ0) is 17.6. The maximum absolute atomic E-state index is 13.4. The molecule has 5 nitrogen and oxygen atoms in total. The molecule has 3 rings (SSSR count). The summed E-state index contributed by atoms with van der Waals surface area (Å²) in [5, 5.41) is 0. The summed E-state index contributed by atoms with van der Waals surface area (Å²) in [5.74, 6) is 0.261. The highest BCUT2D eigenvalue weighted by Crippen LogP contribution is 2.24. The number of ether oxygens (including phenoxy) is 2. The quantitative estimate of drug-likeness (QED) is 0.808. The molecule has 2 aliphatic rings. The summed E-state index contributed by atoms with van der Waals surface area (Å²) < 4.78 is 24.4. The van der Waals surface area contributed by atoms with Gasteiger partial charge in [-0.05, 0) is 36.5 Å². The normalized spacial score (nSPS) is 25.1. The van der Waals surface area contributed by atoms with Gasteiger partial charge in [0.05, 0.1) is 25.9 Å². The summed E-state index contributed by atoms with van der Waals surface area (Å²) in [6.07, 6.45) is 1.65. The lowest BCUT2D eigenvalue weighted by molar-refractivity contribution is -0.138. The Kier molecular flexibility index (Phi) is 6.39. The first-order chi connectivity index (χ1) is 12.2. The van der Waals surface area contributed by atoms with Crippen molar-refractivity contribution in [3.8, 4) is 0 Å². The number of benzene rings is 1. The van der Waals surface area contributed by atoms with Crippen molar-refractivity contribution in [3.63, 3.8) is 0 Å². The van der Waals surface area contributed by atoms with Gasteiger partial charge in [0.25, 0.3) is 0 Å². The number of hydrogen-bond donors (Lipinski definition) is 0. The first kappa shape index (κ1) is 18.3. The number of morpholine rings is 1. The number of amides is 1. The predicted molar refractivity (Wildman–Crippen MR) is 92.8 cm³/mol. The van der Waals surface area contributed by atoms with Gasteiger partial charge in [-0.1, -0.05) is 12.1 Å². The van der Waals surface area contributed by atoms with Gasteiger partial charge in [-0.2, -0.15) is 0 Å². The van der Waals surface area contributed by atoms with E-state index < -0.39 is 0 Å². The third kappa shape index (κ3) is 5.00. The van der Waals surface area contributed by atoms with E-state index in [1.165, 1.54) is 6.07 Å². The van der Waals surface area contributed by atoms with Crippen LogP contribution in [-0.4, -0.2) is 74.9 Å². The van der Waals surface area contributed by atoms with Crippen LogP contribution in [0.5, 0.6) is 0 Å². The number of piperidine rings is 1. The molecule has 0 unspecified atom stereocenters. The van der Waals surface area contributed by atoms with Crippen LogP contribution in [0.2, 0.25) is 0 Å². The van der Waals surface area contributed by atoms with Crippen LogP contribution in [0.4, 0.5) is 4.39 Å². The molecule has 2 saturated heterocycles. The highest BCUT2D eigenvalue weighted by Gasteiger charge is 2.32. The number of likely N-dealkylation sites (tertiary alicyclic amines) is 1. The third-order valence-corrected chi connectivity index (χ3v) is 5.20. The lowest BCUT2D eigenvalue weighted by Gasteiger charge is -2.39. The summed E-state index contributed by atoms with van der Waals surface area (Å²) in [6.45, 7) is 4.83. The van der Waals surface area contributed by atoms with Crippen LogP contribution in [0.15, 0.2) is 24.3 Å². The van der Waals surface area contributed by atoms with E-state index in [0.29, 0.717) is 32.2 Å². The van der Waals surface area contributed by atoms with Gasteiger partial charge in [-0.15, -0.1) is 0 Å². The Morgan fingerprint density at radius 3 is 2.84 bits per heavy atom. The van der Waals surface area contributed by atoms with Crippen LogP contribution < -0.4 is 0 Å². The fourth-order valence-electron chi connectivity index (χ4n) is 3.71. The van der Waals surface area contributed by atoms with Crippen molar-refractivity contribution in [2.75, 3.05) is 53.0 Å². The average Bonchev–Trinajstić information content (AvgIpc) is 2.63. The molecule has 0 spiro atoms. The summed E-state index contributed by atoms with van der Waals surface area (Å²) in [6, 6.07) is 6.74. The van der Waals surface area contributed by atoms with Crippen LogP contribution >= 0.6 is 0 Å². The van der Waals surface area contributed by atoms with Gasteiger partial charge in [-0.25, -0.2) is 4.39 Å². The van der Waals surface area contributed by atoms with Crippen LogP contribution in [0.3, 0.4) is 0 Å². The summed E-state index contributed by atoms with van der Waals surface area (Å²) in [5.41, 5.74) is 0.986. The van der Waals surface area contributed by atoms with Crippen LogP contribution in [0, 0.1) is 11.7 Å². The SMILES string of the molecule is CO[C@H]1CN(C(=O)CN2CCOCC2)CC[C@@H]1Cc1cccc(F)c1. The number of methoxy groups -OCH3 is 1. The smallest absolute Gasteiger partial charge is 0.236 e. The monoisotopic (exact) mass is 350 g/mol. The molecule has 0 saturated carbocycles. The topological polar surface area (TPSA) is 42.0 Å². The Morgan fingerprint density at radius 2 is 2.12 bits per heavy atom. The van der Waals surface area contributed by atoms with Crippen molar-refractivity contribution in [3.05, 3.63) is 35.6 Å². The Hall–Kier alpha value is -1.50. The van der Waals surface area contributed by atoms with Crippen LogP contribution in [-0.2, 0) is 20.7 Å². The Bertz CT molecular complexity index is 578. The lowest BCUT2D eigenvalue weighted by Crippen LogP contribution is -2.51. The fourth-order valence-corrected chi connectivity index (χ4v) is 3.71. The van der Waals surface area contributed by atoms with Gasteiger partial charge >= 0.3 is 0 Å². The number of hydrogen-bond acceptors (Lipinski definition) is 4. The minimum Gasteiger partial charge on any atom is -0.379 e. The van der Waals surface area contributed by atoms with Crippen molar-refractivity contribution in [1.29, 1.82) is 0 Å². The summed E-state index contributed by atoms with van der Waals surface area (Å²) >= 11 is 0. The second-order valence-corrected chi connectivity index (χ2v) is 6.89. The van der Waals surface area contributed by atoms with Gasteiger partial charge in [0.15, 0.2) is 0 Å². The molecule has 0 aromatic heterocycles. The first-order valence-electron chi connectivity index (χ1n) is 9.01. The molecule has 2 aliphatic heterocycles. The largest absolute Gasteiger partial charge is 0.379 e. The van der Waals surface area contributed by atoms with E-state index in [1.54, 1.807) is 19.2 Å². The average molecular weight is 350 g/mol. The van der Waals surface area contributed by atoms with Crippen LogP contribution in [0.25, 0.3) is 0 Å². The standard InChI is InChI=1S/C19H27FN2O3/c1-24-18-13-22(19(23)14-21-7-9-25-10-8-21)6-5-16(18)11-15-3-2-4-17(20)12-15/h2-4,12,16,18H,5-11,13-14H2,1H3/t16-,18+/m1/s1. The molecule has 6 heteroatoms. The lowest BCUT2D eigenvalue weighted by atomic mass is 9.87. The zero-order valence-electron chi connectivity index (χ0n) is 14.8. The van der Waals surface area contributed by atoms with Gasteiger partial charge in [0, 0.05) is 33.3 Å². The van der Waals surface area contributed by atoms with E-state index in [9.17, 15) is 9.18 Å². The number of rotatable bonds is 5. The third-order valence-electron chi connectivity index (χ3n) is 5.20. The van der Waals surface area contributed by atoms with E-state index in [4.69, 9.17) is 9.47 Å². The van der Waals surface area contributed by atoms with Gasteiger partial charge in [-0.3, -0.25) is 9.69 Å². The minimum atomic E-state index is -0.204. The van der Waals surface area contributed by atoms with Gasteiger partial charge in [0.1, 0.15) is 5.82 Å². The Morgan fingerprint density at radius 1 is 1.32 bits per heavy atom. The predicted octanol–water partition coefficient (Wildman–Crippen LogP) is 1.56. The Labute approximate surface area is 148 Å². The molecule has 2 atom stereocenters. The second kappa shape index (κ2) is 8.74. The van der Waals surface area contributed by atoms with E-state index in [2.05, 4.69) is 4.90 Å². The molecule has 1 aromatic carbocycles. The highest BCUT2D eigenvalue weighted by molar-refractivity contribution is 5.78. The molecule has 0 aliphatic carbocycles. The number of carbonyl (C=O) groups excluding carboxylic acids is 1. The van der Waals surface area contributed by atoms with Crippen molar-refractivity contribution in [2.45, 2.75) is 18.9 Å². The molecule has 2 fully saturated rings. The van der Waals surface area contributed by atoms with E-state index >= 15 is 0 Å². The molecular weight excluding hydrogens is 323 g/mol. The van der Waals surface area contributed by atoms with Crippen molar-refractivity contribution < 1.29 is 18.7 Å². The molecule has 25 heavy (non-hydrogen) atoms. The van der Waals surface area contributed by atoms with Gasteiger partial charge < -0.3 is 14.4 Å². The Balaban J connectivity index is 1.54. The van der Waals surface area contributed by atoms with Crippen molar-refractivity contribution in [2.24, 2.45) is 5.92 Å². The van der Waals surface area contributed by atoms with Crippen molar-refractivity contribution >= 4 is 5.91 Å². The van der Waals surface area contributed by atoms with Crippen LogP contribution in [0.1, 0.15) is 12.0 Å². The molecule has 1 aromatic rings. The molecule has 1 amide bonds. The fraction of sp³-hybridized carbons (Fsp3) is 0.632. The van der Waals surface area contributed by atoms with Crippen molar-refractivity contribution in [1.82, 2.24) is 9.80 Å². The number of carbonyl (C=O) groups is 1.